The molecule has 4 rings (SSSR count). The molecule has 0 aliphatic heterocycles. The summed E-state index contributed by atoms with van der Waals surface area (Å²) >= 11 is 1.20. The lowest BCUT2D eigenvalue weighted by molar-refractivity contribution is 0.682. The summed E-state index contributed by atoms with van der Waals surface area (Å²) in [6.07, 6.45) is 0. The van der Waals surface area contributed by atoms with Crippen molar-refractivity contribution < 1.29 is 4.21 Å². The Hall–Kier alpha value is -2.37. The van der Waals surface area contributed by atoms with Crippen LogP contribution in [0.2, 0.25) is 0 Å². The van der Waals surface area contributed by atoms with Crippen molar-refractivity contribution in [1.29, 1.82) is 0 Å². The zero-order valence-electron chi connectivity index (χ0n) is 13.0. The largest absolute Gasteiger partial charge is 0.247 e. The number of fused-ring (bicyclic) bond motifs is 1. The third kappa shape index (κ3) is 2.77. The van der Waals surface area contributed by atoms with Crippen LogP contribution in [-0.2, 0) is 10.8 Å². The average molecular weight is 350 g/mol. The minimum Gasteiger partial charge on any atom is -0.247 e. The van der Waals surface area contributed by atoms with Crippen LogP contribution in [0.1, 0.15) is 5.56 Å². The first-order chi connectivity index (χ1) is 11.7. The van der Waals surface area contributed by atoms with Gasteiger partial charge in [-0.1, -0.05) is 60.2 Å². The first-order valence-corrected chi connectivity index (χ1v) is 9.45. The maximum Gasteiger partial charge on any atom is 0.205 e. The van der Waals surface area contributed by atoms with E-state index in [1.807, 2.05) is 55.5 Å². The van der Waals surface area contributed by atoms with Crippen LogP contribution in [0.5, 0.6) is 0 Å². The number of benzene rings is 3. The molecule has 3 nitrogen and oxygen atoms in total. The fraction of sp³-hybridized carbons (Fsp3) is 0.0526. The van der Waals surface area contributed by atoms with E-state index in [1.165, 1.54) is 11.5 Å². The van der Waals surface area contributed by atoms with Crippen molar-refractivity contribution >= 4 is 33.1 Å². The highest BCUT2D eigenvalue weighted by atomic mass is 32.2. The molecule has 0 aliphatic carbocycles. The van der Waals surface area contributed by atoms with Crippen molar-refractivity contribution in [3.8, 4) is 11.4 Å². The Morgan fingerprint density at radius 2 is 1.67 bits per heavy atom. The molecule has 0 radical (unpaired) electrons. The number of aromatic nitrogens is 2. The van der Waals surface area contributed by atoms with Crippen LogP contribution in [0.3, 0.4) is 0 Å². The summed E-state index contributed by atoms with van der Waals surface area (Å²) in [6, 6.07) is 21.9. The van der Waals surface area contributed by atoms with Crippen molar-refractivity contribution in [1.82, 2.24) is 9.36 Å². The Morgan fingerprint density at radius 3 is 2.50 bits per heavy atom. The van der Waals surface area contributed by atoms with Gasteiger partial charge >= 0.3 is 0 Å². The molecule has 0 saturated carbocycles. The van der Waals surface area contributed by atoms with Gasteiger partial charge < -0.3 is 0 Å². The quantitative estimate of drug-likeness (QED) is 0.531. The molecule has 0 aliphatic rings. The maximum absolute atomic E-state index is 12.7. The highest BCUT2D eigenvalue weighted by Crippen LogP contribution is 2.29. The van der Waals surface area contributed by atoms with Gasteiger partial charge in [-0.25, -0.2) is 9.19 Å². The van der Waals surface area contributed by atoms with Crippen molar-refractivity contribution in [2.45, 2.75) is 16.2 Å². The Morgan fingerprint density at radius 1 is 0.917 bits per heavy atom. The second-order valence-electron chi connectivity index (χ2n) is 5.49. The molecular formula is C19H14N2OS2. The average Bonchev–Trinajstić information content (AvgIpc) is 3.11. The van der Waals surface area contributed by atoms with E-state index in [9.17, 15) is 4.21 Å². The van der Waals surface area contributed by atoms with E-state index in [1.54, 1.807) is 0 Å². The van der Waals surface area contributed by atoms with Gasteiger partial charge in [-0.05, 0) is 41.4 Å². The number of rotatable bonds is 3. The van der Waals surface area contributed by atoms with Gasteiger partial charge in [0, 0.05) is 10.5 Å². The highest BCUT2D eigenvalue weighted by Gasteiger charge is 2.15. The summed E-state index contributed by atoms with van der Waals surface area (Å²) in [5.41, 5.74) is 2.11. The fourth-order valence-corrected chi connectivity index (χ4v) is 4.43. The second-order valence-corrected chi connectivity index (χ2v) is 7.90. The first-order valence-electron chi connectivity index (χ1n) is 7.53. The lowest BCUT2D eigenvalue weighted by atomic mass is 10.0. The standard InChI is InChI=1S/C19H14N2OS2/c1-13-9-11-15(12-10-13)24(22)19-20-18(21-23-19)17-8-4-6-14-5-2-3-7-16(14)17/h2-12H,1H3. The number of hydrogen-bond acceptors (Lipinski definition) is 4. The van der Waals surface area contributed by atoms with Crippen LogP contribution < -0.4 is 0 Å². The molecule has 0 bridgehead atoms. The van der Waals surface area contributed by atoms with Gasteiger partial charge in [0.15, 0.2) is 5.82 Å². The lowest BCUT2D eigenvalue weighted by Crippen LogP contribution is -1.92. The molecule has 4 aromatic rings. The molecule has 0 N–H and O–H groups in total. The Balaban J connectivity index is 1.74. The smallest absolute Gasteiger partial charge is 0.205 e. The molecule has 0 amide bonds. The van der Waals surface area contributed by atoms with Gasteiger partial charge in [-0.2, -0.15) is 4.37 Å². The lowest BCUT2D eigenvalue weighted by Gasteiger charge is -2.02. The van der Waals surface area contributed by atoms with E-state index >= 15 is 0 Å². The van der Waals surface area contributed by atoms with Crippen molar-refractivity contribution in [2.75, 3.05) is 0 Å². The molecule has 24 heavy (non-hydrogen) atoms. The van der Waals surface area contributed by atoms with E-state index in [0.717, 1.165) is 26.8 Å². The normalized spacial score (nSPS) is 12.4. The summed E-state index contributed by atoms with van der Waals surface area (Å²) in [5.74, 6) is 0.632. The minimum absolute atomic E-state index is 0.529. The molecule has 5 heteroatoms. The van der Waals surface area contributed by atoms with E-state index in [2.05, 4.69) is 27.6 Å². The van der Waals surface area contributed by atoms with Crippen LogP contribution in [-0.4, -0.2) is 13.6 Å². The molecular weight excluding hydrogens is 336 g/mol. The minimum atomic E-state index is -1.30. The Labute approximate surface area is 146 Å². The van der Waals surface area contributed by atoms with Gasteiger partial charge in [-0.3, -0.25) is 0 Å². The summed E-state index contributed by atoms with van der Waals surface area (Å²) in [6.45, 7) is 2.01. The predicted molar refractivity (Wildman–Crippen MR) is 98.7 cm³/mol. The Bertz CT molecular complexity index is 1030. The second kappa shape index (κ2) is 6.26. The van der Waals surface area contributed by atoms with Crippen LogP contribution in [0.15, 0.2) is 76.0 Å². The Kier molecular flexibility index (Phi) is 3.96. The topological polar surface area (TPSA) is 42.9 Å². The molecule has 1 heterocycles. The molecule has 1 atom stereocenters. The van der Waals surface area contributed by atoms with Crippen LogP contribution in [0.25, 0.3) is 22.2 Å². The van der Waals surface area contributed by atoms with Crippen molar-refractivity contribution in [2.24, 2.45) is 0 Å². The van der Waals surface area contributed by atoms with E-state index in [0.29, 0.717) is 10.2 Å². The SMILES string of the molecule is Cc1ccc(S(=O)c2nc(-c3cccc4ccccc34)ns2)cc1. The monoisotopic (exact) mass is 350 g/mol. The predicted octanol–water partition coefficient (Wildman–Crippen LogP) is 4.83. The van der Waals surface area contributed by atoms with Gasteiger partial charge in [-0.15, -0.1) is 0 Å². The third-order valence-electron chi connectivity index (χ3n) is 3.83. The van der Waals surface area contributed by atoms with Gasteiger partial charge in [0.1, 0.15) is 10.8 Å². The van der Waals surface area contributed by atoms with E-state index in [4.69, 9.17) is 0 Å². The van der Waals surface area contributed by atoms with Crippen molar-refractivity contribution in [3.63, 3.8) is 0 Å². The summed E-state index contributed by atoms with van der Waals surface area (Å²) in [4.78, 5) is 5.29. The fourth-order valence-electron chi connectivity index (χ4n) is 2.58. The molecule has 1 unspecified atom stereocenters. The van der Waals surface area contributed by atoms with Gasteiger partial charge in [0.05, 0.1) is 0 Å². The number of aryl methyl sites for hydroxylation is 1. The number of hydrogen-bond donors (Lipinski definition) is 0. The summed E-state index contributed by atoms with van der Waals surface area (Å²) in [5, 5.41) is 2.25. The van der Waals surface area contributed by atoms with Gasteiger partial charge in [0.2, 0.25) is 4.34 Å². The molecule has 0 fully saturated rings. The first kappa shape index (κ1) is 15.2. The zero-order valence-corrected chi connectivity index (χ0v) is 14.6. The molecule has 3 aromatic carbocycles. The van der Waals surface area contributed by atoms with Gasteiger partial charge in [0.25, 0.3) is 0 Å². The molecule has 0 spiro atoms. The third-order valence-corrected chi connectivity index (χ3v) is 6.13. The molecule has 1 aromatic heterocycles. The number of nitrogens with zero attached hydrogens (tertiary/aromatic N) is 2. The molecule has 118 valence electrons. The molecule has 0 saturated heterocycles. The zero-order chi connectivity index (χ0) is 16.5. The van der Waals surface area contributed by atoms with Crippen molar-refractivity contribution in [3.05, 3.63) is 72.3 Å². The van der Waals surface area contributed by atoms with Crippen LogP contribution >= 0.6 is 11.5 Å². The highest BCUT2D eigenvalue weighted by molar-refractivity contribution is 7.87. The van der Waals surface area contributed by atoms with Crippen LogP contribution in [0, 0.1) is 6.92 Å². The summed E-state index contributed by atoms with van der Waals surface area (Å²) < 4.78 is 17.7. The van der Waals surface area contributed by atoms with E-state index in [-0.39, 0.29) is 0 Å². The maximum atomic E-state index is 12.7. The summed E-state index contributed by atoms with van der Waals surface area (Å²) in [7, 11) is -1.30. The van der Waals surface area contributed by atoms with E-state index < -0.39 is 10.8 Å². The van der Waals surface area contributed by atoms with Crippen LogP contribution in [0.4, 0.5) is 0 Å².